The Morgan fingerprint density at radius 3 is 2.19 bits per heavy atom. The second-order valence-corrected chi connectivity index (χ2v) is 5.35. The van der Waals surface area contributed by atoms with Gasteiger partial charge in [-0.15, -0.1) is 0 Å². The summed E-state index contributed by atoms with van der Waals surface area (Å²) in [6, 6.07) is 16.9. The molecule has 0 aliphatic heterocycles. The first-order chi connectivity index (χ1) is 10.1. The molecule has 2 rings (SSSR count). The molecular weight excluding hydrogens is 284 g/mol. The van der Waals surface area contributed by atoms with E-state index in [0.717, 1.165) is 11.1 Å². The Hall–Kier alpha value is -1.86. The maximum atomic E-state index is 9.59. The summed E-state index contributed by atoms with van der Waals surface area (Å²) in [6.45, 7) is 2.03. The van der Waals surface area contributed by atoms with Crippen LogP contribution in [0.4, 0.5) is 0 Å². The molecule has 3 nitrogen and oxygen atoms in total. The molecule has 0 aliphatic rings. The maximum Gasteiger partial charge on any atom is 0.0991 e. The molecule has 0 aliphatic carbocycles. The first kappa shape index (κ1) is 15.5. The Morgan fingerprint density at radius 2 is 1.67 bits per heavy atom. The number of halogens is 1. The minimum Gasteiger partial charge on any atom is -0.394 e. The van der Waals surface area contributed by atoms with Gasteiger partial charge in [0.15, 0.2) is 0 Å². The maximum absolute atomic E-state index is 9.59. The zero-order chi connectivity index (χ0) is 15.2. The highest BCUT2D eigenvalue weighted by Crippen LogP contribution is 2.21. The molecule has 2 aromatic carbocycles. The molecule has 0 amide bonds. The lowest BCUT2D eigenvalue weighted by Gasteiger charge is -2.22. The largest absolute Gasteiger partial charge is 0.394 e. The van der Waals surface area contributed by atoms with E-state index in [-0.39, 0.29) is 18.7 Å². The van der Waals surface area contributed by atoms with Gasteiger partial charge in [0.2, 0.25) is 0 Å². The molecule has 0 radical (unpaired) electrons. The van der Waals surface area contributed by atoms with Crippen LogP contribution in [0.25, 0.3) is 0 Å². The summed E-state index contributed by atoms with van der Waals surface area (Å²) in [5.74, 6) is 0. The van der Waals surface area contributed by atoms with Crippen LogP contribution >= 0.6 is 11.6 Å². The average Bonchev–Trinajstić information content (AvgIpc) is 2.53. The number of nitrogens with one attached hydrogen (secondary N) is 1. The zero-order valence-electron chi connectivity index (χ0n) is 11.8. The van der Waals surface area contributed by atoms with Crippen LogP contribution < -0.4 is 5.32 Å². The van der Waals surface area contributed by atoms with E-state index in [2.05, 4.69) is 11.4 Å². The quantitative estimate of drug-likeness (QED) is 0.887. The standard InChI is InChI=1S/C17H17ClN2O/c1-12(14-4-2-13(10-19)3-5-14)20-17(11-21)15-6-8-16(18)9-7-15/h2-9,12,17,20-21H,11H2,1H3. The molecule has 0 bridgehead atoms. The first-order valence-electron chi connectivity index (χ1n) is 6.76. The van der Waals surface area contributed by atoms with Crippen molar-refractivity contribution in [2.45, 2.75) is 19.0 Å². The molecule has 108 valence electrons. The van der Waals surface area contributed by atoms with Crippen LogP contribution in [0.5, 0.6) is 0 Å². The Morgan fingerprint density at radius 1 is 1.10 bits per heavy atom. The molecule has 2 atom stereocenters. The Balaban J connectivity index is 2.10. The fraction of sp³-hybridized carbons (Fsp3) is 0.235. The van der Waals surface area contributed by atoms with Crippen LogP contribution in [0.3, 0.4) is 0 Å². The number of rotatable bonds is 5. The van der Waals surface area contributed by atoms with E-state index in [1.165, 1.54) is 0 Å². The number of hydrogen-bond donors (Lipinski definition) is 2. The second kappa shape index (κ2) is 7.24. The number of aliphatic hydroxyl groups excluding tert-OH is 1. The summed E-state index contributed by atoms with van der Waals surface area (Å²) in [5.41, 5.74) is 2.70. The van der Waals surface area contributed by atoms with Crippen LogP contribution in [-0.2, 0) is 0 Å². The van der Waals surface area contributed by atoms with Crippen molar-refractivity contribution in [1.82, 2.24) is 5.32 Å². The van der Waals surface area contributed by atoms with E-state index in [1.807, 2.05) is 43.3 Å². The van der Waals surface area contributed by atoms with Crippen molar-refractivity contribution in [3.8, 4) is 6.07 Å². The van der Waals surface area contributed by atoms with Gasteiger partial charge in [-0.25, -0.2) is 0 Å². The van der Waals surface area contributed by atoms with Gasteiger partial charge < -0.3 is 10.4 Å². The molecule has 4 heteroatoms. The van der Waals surface area contributed by atoms with E-state index in [9.17, 15) is 5.11 Å². The summed E-state index contributed by atoms with van der Waals surface area (Å²) in [7, 11) is 0. The molecule has 0 fully saturated rings. The van der Waals surface area contributed by atoms with Crippen LogP contribution in [0.2, 0.25) is 5.02 Å². The summed E-state index contributed by atoms with van der Waals surface area (Å²) in [5, 5.41) is 22.5. The second-order valence-electron chi connectivity index (χ2n) is 4.91. The lowest BCUT2D eigenvalue weighted by Crippen LogP contribution is -2.27. The van der Waals surface area contributed by atoms with Gasteiger partial charge in [-0.2, -0.15) is 5.26 Å². The molecule has 0 saturated heterocycles. The molecule has 0 saturated carbocycles. The smallest absolute Gasteiger partial charge is 0.0991 e. The molecular formula is C17H17ClN2O. The Kier molecular flexibility index (Phi) is 5.35. The fourth-order valence-corrected chi connectivity index (χ4v) is 2.32. The summed E-state index contributed by atoms with van der Waals surface area (Å²) < 4.78 is 0. The van der Waals surface area contributed by atoms with Crippen molar-refractivity contribution in [2.24, 2.45) is 0 Å². The van der Waals surface area contributed by atoms with Crippen molar-refractivity contribution in [3.05, 3.63) is 70.2 Å². The highest BCUT2D eigenvalue weighted by molar-refractivity contribution is 6.30. The van der Waals surface area contributed by atoms with Gasteiger partial charge in [-0.05, 0) is 42.3 Å². The van der Waals surface area contributed by atoms with E-state index < -0.39 is 0 Å². The van der Waals surface area contributed by atoms with Crippen LogP contribution in [0.1, 0.15) is 35.7 Å². The Bertz CT molecular complexity index is 617. The molecule has 0 aromatic heterocycles. The van der Waals surface area contributed by atoms with E-state index >= 15 is 0 Å². The summed E-state index contributed by atoms with van der Waals surface area (Å²) in [6.07, 6.45) is 0. The molecule has 0 heterocycles. The van der Waals surface area contributed by atoms with Crippen molar-refractivity contribution in [3.63, 3.8) is 0 Å². The van der Waals surface area contributed by atoms with E-state index in [4.69, 9.17) is 16.9 Å². The lowest BCUT2D eigenvalue weighted by atomic mass is 10.0. The predicted octanol–water partition coefficient (Wildman–Crippen LogP) is 3.60. The number of hydrogen-bond acceptors (Lipinski definition) is 3. The monoisotopic (exact) mass is 300 g/mol. The Labute approximate surface area is 129 Å². The number of aliphatic hydroxyl groups is 1. The van der Waals surface area contributed by atoms with Gasteiger partial charge in [0, 0.05) is 11.1 Å². The van der Waals surface area contributed by atoms with Crippen molar-refractivity contribution in [2.75, 3.05) is 6.61 Å². The first-order valence-corrected chi connectivity index (χ1v) is 7.14. The van der Waals surface area contributed by atoms with Crippen LogP contribution in [0.15, 0.2) is 48.5 Å². The topological polar surface area (TPSA) is 56.0 Å². The SMILES string of the molecule is CC(NC(CO)c1ccc(Cl)cc1)c1ccc(C#N)cc1. The minimum atomic E-state index is -0.159. The van der Waals surface area contributed by atoms with Crippen LogP contribution in [0, 0.1) is 11.3 Å². The lowest BCUT2D eigenvalue weighted by molar-refractivity contribution is 0.235. The van der Waals surface area contributed by atoms with E-state index in [0.29, 0.717) is 10.6 Å². The third kappa shape index (κ3) is 4.05. The molecule has 0 spiro atoms. The minimum absolute atomic E-state index is 0.00223. The number of nitrogens with zero attached hydrogens (tertiary/aromatic N) is 1. The normalized spacial score (nSPS) is 13.4. The molecule has 2 N–H and O–H groups in total. The van der Waals surface area contributed by atoms with Crippen molar-refractivity contribution in [1.29, 1.82) is 5.26 Å². The van der Waals surface area contributed by atoms with Gasteiger partial charge in [-0.1, -0.05) is 35.9 Å². The zero-order valence-corrected chi connectivity index (χ0v) is 12.5. The van der Waals surface area contributed by atoms with Crippen molar-refractivity contribution >= 4 is 11.6 Å². The molecule has 2 unspecified atom stereocenters. The summed E-state index contributed by atoms with van der Waals surface area (Å²) >= 11 is 5.88. The van der Waals surface area contributed by atoms with E-state index in [1.54, 1.807) is 12.1 Å². The highest BCUT2D eigenvalue weighted by Gasteiger charge is 2.14. The number of benzene rings is 2. The number of nitriles is 1. The van der Waals surface area contributed by atoms with Crippen LogP contribution in [-0.4, -0.2) is 11.7 Å². The van der Waals surface area contributed by atoms with Crippen molar-refractivity contribution < 1.29 is 5.11 Å². The van der Waals surface area contributed by atoms with Gasteiger partial charge in [0.25, 0.3) is 0 Å². The molecule has 21 heavy (non-hydrogen) atoms. The third-order valence-corrected chi connectivity index (χ3v) is 3.70. The van der Waals surface area contributed by atoms with Gasteiger partial charge in [0.1, 0.15) is 0 Å². The predicted molar refractivity (Wildman–Crippen MR) is 84.0 cm³/mol. The fourth-order valence-electron chi connectivity index (χ4n) is 2.19. The highest BCUT2D eigenvalue weighted by atomic mass is 35.5. The molecule has 2 aromatic rings. The van der Waals surface area contributed by atoms with Gasteiger partial charge >= 0.3 is 0 Å². The third-order valence-electron chi connectivity index (χ3n) is 3.45. The average molecular weight is 301 g/mol. The summed E-state index contributed by atoms with van der Waals surface area (Å²) in [4.78, 5) is 0. The van der Waals surface area contributed by atoms with Gasteiger partial charge in [0.05, 0.1) is 24.3 Å². The van der Waals surface area contributed by atoms with Gasteiger partial charge in [-0.3, -0.25) is 0 Å².